The number of hydrogen-bond acceptors (Lipinski definition) is 5. The zero-order valence-electron chi connectivity index (χ0n) is 17.1. The van der Waals surface area contributed by atoms with Crippen molar-refractivity contribution in [2.75, 3.05) is 46.4 Å². The Bertz CT molecular complexity index is 792. The number of ether oxygens (including phenoxy) is 1. The first-order valence-electron chi connectivity index (χ1n) is 9.83. The molecule has 0 spiro atoms. The van der Waals surface area contributed by atoms with Gasteiger partial charge in [-0.05, 0) is 37.5 Å². The second-order valence-corrected chi connectivity index (χ2v) is 8.44. The number of carbonyl (C=O) groups is 1. The summed E-state index contributed by atoms with van der Waals surface area (Å²) >= 11 is 0. The molecule has 1 aliphatic rings. The van der Waals surface area contributed by atoms with E-state index in [9.17, 15) is 13.2 Å². The SMILES string of the molecule is CCNC(=NCc1cccc(S(=O)(=O)NCCOC)c1)NCC(=O)N1CCCC1. The predicted molar refractivity (Wildman–Crippen MR) is 112 cm³/mol. The van der Waals surface area contributed by atoms with Crippen molar-refractivity contribution in [3.63, 3.8) is 0 Å². The van der Waals surface area contributed by atoms with Gasteiger partial charge in [0.25, 0.3) is 0 Å². The lowest BCUT2D eigenvalue weighted by atomic mass is 10.2. The smallest absolute Gasteiger partial charge is 0.241 e. The Labute approximate surface area is 173 Å². The highest BCUT2D eigenvalue weighted by molar-refractivity contribution is 7.89. The van der Waals surface area contributed by atoms with Crippen LogP contribution in [0.15, 0.2) is 34.2 Å². The summed E-state index contributed by atoms with van der Waals surface area (Å²) < 4.78 is 32.0. The molecule has 0 bridgehead atoms. The summed E-state index contributed by atoms with van der Waals surface area (Å²) in [7, 11) is -2.08. The number of methoxy groups -OCH3 is 1. The number of nitrogens with one attached hydrogen (secondary N) is 3. The number of rotatable bonds is 10. The normalized spacial score (nSPS) is 14.8. The van der Waals surface area contributed by atoms with Gasteiger partial charge in [0, 0.05) is 33.3 Å². The van der Waals surface area contributed by atoms with E-state index in [1.807, 2.05) is 17.9 Å². The van der Waals surface area contributed by atoms with Crippen LogP contribution in [-0.4, -0.2) is 71.6 Å². The summed E-state index contributed by atoms with van der Waals surface area (Å²) in [6.45, 7) is 5.21. The van der Waals surface area contributed by atoms with Crippen LogP contribution in [0.2, 0.25) is 0 Å². The molecule has 1 saturated heterocycles. The van der Waals surface area contributed by atoms with Crippen LogP contribution in [0.5, 0.6) is 0 Å². The van der Waals surface area contributed by atoms with Crippen LogP contribution in [0, 0.1) is 0 Å². The molecule has 1 heterocycles. The van der Waals surface area contributed by atoms with Crippen LogP contribution in [0.25, 0.3) is 0 Å². The largest absolute Gasteiger partial charge is 0.383 e. The Morgan fingerprint density at radius 3 is 2.69 bits per heavy atom. The van der Waals surface area contributed by atoms with Gasteiger partial charge in [0.05, 0.1) is 24.6 Å². The van der Waals surface area contributed by atoms with E-state index >= 15 is 0 Å². The van der Waals surface area contributed by atoms with Crippen molar-refractivity contribution < 1.29 is 17.9 Å². The van der Waals surface area contributed by atoms with E-state index in [0.717, 1.165) is 31.5 Å². The number of carbonyl (C=O) groups excluding carboxylic acids is 1. The number of aliphatic imine (C=N–C) groups is 1. The molecule has 1 aromatic rings. The molecule has 29 heavy (non-hydrogen) atoms. The third-order valence-electron chi connectivity index (χ3n) is 4.44. The molecule has 1 fully saturated rings. The molecule has 1 amide bonds. The minimum Gasteiger partial charge on any atom is -0.383 e. The average molecular weight is 426 g/mol. The quantitative estimate of drug-likeness (QED) is 0.282. The molecule has 0 radical (unpaired) electrons. The Kier molecular flexibility index (Phi) is 9.36. The maximum atomic E-state index is 12.3. The summed E-state index contributed by atoms with van der Waals surface area (Å²) in [4.78, 5) is 18.7. The van der Waals surface area contributed by atoms with Crippen LogP contribution < -0.4 is 15.4 Å². The van der Waals surface area contributed by atoms with Crippen molar-refractivity contribution >= 4 is 21.9 Å². The second-order valence-electron chi connectivity index (χ2n) is 6.67. The summed E-state index contributed by atoms with van der Waals surface area (Å²) in [5.74, 6) is 0.579. The van der Waals surface area contributed by atoms with Crippen molar-refractivity contribution in [2.45, 2.75) is 31.2 Å². The number of sulfonamides is 1. The van der Waals surface area contributed by atoms with Gasteiger partial charge in [0.15, 0.2) is 5.96 Å². The summed E-state index contributed by atoms with van der Waals surface area (Å²) in [6.07, 6.45) is 2.11. The van der Waals surface area contributed by atoms with Gasteiger partial charge in [-0.25, -0.2) is 18.1 Å². The molecule has 10 heteroatoms. The second kappa shape index (κ2) is 11.7. The lowest BCUT2D eigenvalue weighted by Crippen LogP contribution is -2.44. The summed E-state index contributed by atoms with van der Waals surface area (Å²) in [5.41, 5.74) is 0.752. The van der Waals surface area contributed by atoms with Crippen LogP contribution in [0.4, 0.5) is 0 Å². The average Bonchev–Trinajstić information content (AvgIpc) is 3.25. The van der Waals surface area contributed by atoms with Crippen LogP contribution in [-0.2, 0) is 26.1 Å². The molecule has 1 aromatic carbocycles. The molecule has 0 aliphatic carbocycles. The Hall–Kier alpha value is -2.17. The van der Waals surface area contributed by atoms with Crippen molar-refractivity contribution in [1.29, 1.82) is 0 Å². The minimum absolute atomic E-state index is 0.0586. The van der Waals surface area contributed by atoms with E-state index in [1.54, 1.807) is 18.2 Å². The lowest BCUT2D eigenvalue weighted by Gasteiger charge is -2.17. The van der Waals surface area contributed by atoms with Gasteiger partial charge in [-0.3, -0.25) is 4.79 Å². The van der Waals surface area contributed by atoms with Crippen molar-refractivity contribution in [2.24, 2.45) is 4.99 Å². The maximum Gasteiger partial charge on any atom is 0.241 e. The van der Waals surface area contributed by atoms with Crippen LogP contribution in [0.1, 0.15) is 25.3 Å². The number of guanidine groups is 1. The Balaban J connectivity index is 1.98. The monoisotopic (exact) mass is 425 g/mol. The summed E-state index contributed by atoms with van der Waals surface area (Å²) in [5, 5.41) is 6.15. The molecule has 2 rings (SSSR count). The molecule has 0 atom stereocenters. The van der Waals surface area contributed by atoms with Gasteiger partial charge in [0.1, 0.15) is 0 Å². The van der Waals surface area contributed by atoms with E-state index in [2.05, 4.69) is 20.3 Å². The fourth-order valence-electron chi connectivity index (χ4n) is 2.92. The van der Waals surface area contributed by atoms with Gasteiger partial charge in [-0.2, -0.15) is 0 Å². The molecule has 0 aromatic heterocycles. The van der Waals surface area contributed by atoms with Gasteiger partial charge in [-0.15, -0.1) is 0 Å². The number of hydrogen-bond donors (Lipinski definition) is 3. The van der Waals surface area contributed by atoms with E-state index in [4.69, 9.17) is 4.74 Å². The predicted octanol–water partition coefficient (Wildman–Crippen LogP) is 0.289. The molecule has 3 N–H and O–H groups in total. The van der Waals surface area contributed by atoms with E-state index in [1.165, 1.54) is 7.11 Å². The molecular formula is C19H31N5O4S. The molecular weight excluding hydrogens is 394 g/mol. The minimum atomic E-state index is -3.59. The first-order valence-corrected chi connectivity index (χ1v) is 11.3. The van der Waals surface area contributed by atoms with Crippen molar-refractivity contribution in [3.05, 3.63) is 29.8 Å². The number of likely N-dealkylation sites (tertiary alicyclic amines) is 1. The topological polar surface area (TPSA) is 112 Å². The third-order valence-corrected chi connectivity index (χ3v) is 5.90. The maximum absolute atomic E-state index is 12.3. The van der Waals surface area contributed by atoms with Gasteiger partial charge in [0.2, 0.25) is 15.9 Å². The highest BCUT2D eigenvalue weighted by Crippen LogP contribution is 2.12. The Morgan fingerprint density at radius 2 is 2.00 bits per heavy atom. The molecule has 0 unspecified atom stereocenters. The number of amides is 1. The van der Waals surface area contributed by atoms with Crippen molar-refractivity contribution in [1.82, 2.24) is 20.3 Å². The highest BCUT2D eigenvalue weighted by Gasteiger charge is 2.18. The number of nitrogens with zero attached hydrogens (tertiary/aromatic N) is 2. The van der Waals surface area contributed by atoms with Crippen LogP contribution in [0.3, 0.4) is 0 Å². The van der Waals surface area contributed by atoms with Gasteiger partial charge >= 0.3 is 0 Å². The standard InChI is InChI=1S/C19H31N5O4S/c1-3-20-19(22-15-18(25)24-10-4-5-11-24)21-14-16-7-6-8-17(13-16)29(26,27)23-9-12-28-2/h6-8,13,23H,3-5,9-12,14-15H2,1-2H3,(H2,20,21,22). The highest BCUT2D eigenvalue weighted by atomic mass is 32.2. The molecule has 0 saturated carbocycles. The summed E-state index contributed by atoms with van der Waals surface area (Å²) in [6, 6.07) is 6.64. The van der Waals surface area contributed by atoms with Gasteiger partial charge < -0.3 is 20.3 Å². The van der Waals surface area contributed by atoms with Crippen molar-refractivity contribution in [3.8, 4) is 0 Å². The lowest BCUT2D eigenvalue weighted by molar-refractivity contribution is -0.128. The first-order chi connectivity index (χ1) is 14.0. The fraction of sp³-hybridized carbons (Fsp3) is 0.579. The zero-order valence-corrected chi connectivity index (χ0v) is 17.9. The van der Waals surface area contributed by atoms with Crippen LogP contribution >= 0.6 is 0 Å². The molecule has 1 aliphatic heterocycles. The van der Waals surface area contributed by atoms with E-state index < -0.39 is 10.0 Å². The van der Waals surface area contributed by atoms with E-state index in [0.29, 0.717) is 19.1 Å². The van der Waals surface area contributed by atoms with E-state index in [-0.39, 0.29) is 30.4 Å². The Morgan fingerprint density at radius 1 is 1.24 bits per heavy atom. The first kappa shape index (κ1) is 23.1. The third kappa shape index (κ3) is 7.64. The number of benzene rings is 1. The fourth-order valence-corrected chi connectivity index (χ4v) is 4.01. The zero-order chi connectivity index (χ0) is 21.1. The van der Waals surface area contributed by atoms with Gasteiger partial charge in [-0.1, -0.05) is 12.1 Å². The molecule has 162 valence electrons. The molecule has 9 nitrogen and oxygen atoms in total.